The summed E-state index contributed by atoms with van der Waals surface area (Å²) < 4.78 is 6.66. The van der Waals surface area contributed by atoms with Gasteiger partial charge in [0.05, 0.1) is 11.1 Å². The van der Waals surface area contributed by atoms with Crippen molar-refractivity contribution in [3.8, 4) is 0 Å². The molecule has 0 aromatic heterocycles. The molecule has 6 heteroatoms. The second kappa shape index (κ2) is 7.45. The van der Waals surface area contributed by atoms with Crippen molar-refractivity contribution in [2.24, 2.45) is 0 Å². The molecule has 0 saturated carbocycles. The Labute approximate surface area is 157 Å². The summed E-state index contributed by atoms with van der Waals surface area (Å²) in [6.07, 6.45) is 3.91. The molecule has 1 saturated heterocycles. The third-order valence-electron chi connectivity index (χ3n) is 4.03. The maximum atomic E-state index is 12.5. The summed E-state index contributed by atoms with van der Waals surface area (Å²) in [6, 6.07) is 9.98. The van der Waals surface area contributed by atoms with Crippen molar-refractivity contribution in [1.29, 1.82) is 0 Å². The molecule has 1 aromatic carbocycles. The van der Waals surface area contributed by atoms with Gasteiger partial charge in [0, 0.05) is 24.7 Å². The van der Waals surface area contributed by atoms with Crippen LogP contribution in [-0.4, -0.2) is 33.1 Å². The minimum absolute atomic E-state index is 0.0239. The summed E-state index contributed by atoms with van der Waals surface area (Å²) in [5, 5.41) is 0. The normalized spacial score (nSPS) is 21.1. The molecule has 0 spiro atoms. The first-order chi connectivity index (χ1) is 12.0. The predicted octanol–water partition coefficient (Wildman–Crippen LogP) is 4.33. The number of hydrogen-bond donors (Lipinski definition) is 0. The molecule has 1 aromatic rings. The van der Waals surface area contributed by atoms with E-state index in [1.807, 2.05) is 61.4 Å². The van der Waals surface area contributed by atoms with Crippen LogP contribution in [0.15, 0.2) is 59.0 Å². The van der Waals surface area contributed by atoms with Gasteiger partial charge in [-0.2, -0.15) is 0 Å². The Morgan fingerprint density at radius 1 is 1.24 bits per heavy atom. The summed E-state index contributed by atoms with van der Waals surface area (Å²) in [4.78, 5) is 16.8. The third-order valence-corrected chi connectivity index (χ3v) is 5.60. The van der Waals surface area contributed by atoms with Gasteiger partial charge in [-0.1, -0.05) is 54.3 Å². The van der Waals surface area contributed by atoms with Crippen LogP contribution in [0, 0.1) is 0 Å². The standard InChI is InChI=1S/C19H20N2O2S2/c1-4-20-12-15(14-9-7-6-8-10-14)23-16(20)11-13(3)17-18(22)21(5-2)19(24)25-17/h6-12H,4-5H2,1-3H3/b16-11+,17-13-. The molecule has 0 N–H and O–H groups in total. The average molecular weight is 373 g/mol. The van der Waals surface area contributed by atoms with Crippen molar-refractivity contribution < 1.29 is 9.53 Å². The van der Waals surface area contributed by atoms with Crippen LogP contribution in [0.3, 0.4) is 0 Å². The van der Waals surface area contributed by atoms with E-state index in [-0.39, 0.29) is 5.91 Å². The molecule has 1 amide bonds. The van der Waals surface area contributed by atoms with Crippen molar-refractivity contribution >= 4 is 40.0 Å². The fourth-order valence-corrected chi connectivity index (χ4v) is 4.04. The van der Waals surface area contributed by atoms with Gasteiger partial charge >= 0.3 is 0 Å². The lowest BCUT2D eigenvalue weighted by Crippen LogP contribution is -2.27. The van der Waals surface area contributed by atoms with Crippen LogP contribution in [0.4, 0.5) is 0 Å². The number of rotatable bonds is 4. The van der Waals surface area contributed by atoms with E-state index in [2.05, 4.69) is 6.92 Å². The summed E-state index contributed by atoms with van der Waals surface area (Å²) in [7, 11) is 0. The third kappa shape index (κ3) is 3.50. The number of hydrogen-bond acceptors (Lipinski definition) is 5. The van der Waals surface area contributed by atoms with E-state index < -0.39 is 0 Å². The van der Waals surface area contributed by atoms with E-state index in [0.29, 0.717) is 15.8 Å². The molecule has 3 rings (SSSR count). The summed E-state index contributed by atoms with van der Waals surface area (Å²) in [6.45, 7) is 7.29. The maximum absolute atomic E-state index is 12.5. The number of nitrogens with zero attached hydrogens (tertiary/aromatic N) is 2. The summed E-state index contributed by atoms with van der Waals surface area (Å²) in [5.74, 6) is 1.51. The zero-order chi connectivity index (χ0) is 18.0. The Morgan fingerprint density at radius 2 is 1.96 bits per heavy atom. The van der Waals surface area contributed by atoms with Crippen LogP contribution in [-0.2, 0) is 9.53 Å². The second-order valence-electron chi connectivity index (χ2n) is 5.66. The number of benzene rings is 1. The summed E-state index contributed by atoms with van der Waals surface area (Å²) in [5.41, 5.74) is 1.89. The molecule has 4 nitrogen and oxygen atoms in total. The van der Waals surface area contributed by atoms with E-state index in [1.54, 1.807) is 4.90 Å². The van der Waals surface area contributed by atoms with Crippen LogP contribution in [0.1, 0.15) is 26.3 Å². The highest BCUT2D eigenvalue weighted by atomic mass is 32.2. The van der Waals surface area contributed by atoms with Crippen LogP contribution in [0.2, 0.25) is 0 Å². The number of ether oxygens (including phenoxy) is 1. The maximum Gasteiger partial charge on any atom is 0.266 e. The number of carbonyl (C=O) groups excluding carboxylic acids is 1. The Kier molecular flexibility index (Phi) is 5.30. The number of thiocarbonyl (C=S) groups is 1. The van der Waals surface area contributed by atoms with Gasteiger partial charge in [0.2, 0.25) is 0 Å². The number of amides is 1. The van der Waals surface area contributed by atoms with E-state index in [0.717, 1.165) is 29.3 Å². The van der Waals surface area contributed by atoms with Crippen molar-refractivity contribution in [2.75, 3.05) is 13.1 Å². The van der Waals surface area contributed by atoms with Crippen molar-refractivity contribution in [3.63, 3.8) is 0 Å². The zero-order valence-electron chi connectivity index (χ0n) is 14.5. The topological polar surface area (TPSA) is 32.8 Å². The van der Waals surface area contributed by atoms with Gasteiger partial charge in [0.25, 0.3) is 5.91 Å². The van der Waals surface area contributed by atoms with Gasteiger partial charge in [0.15, 0.2) is 11.6 Å². The molecule has 2 heterocycles. The fourth-order valence-electron chi connectivity index (χ4n) is 2.66. The fraction of sp³-hybridized carbons (Fsp3) is 0.263. The summed E-state index contributed by atoms with van der Waals surface area (Å²) >= 11 is 6.64. The van der Waals surface area contributed by atoms with E-state index in [1.165, 1.54) is 11.8 Å². The van der Waals surface area contributed by atoms with Crippen LogP contribution in [0.5, 0.6) is 0 Å². The molecular formula is C19H20N2O2S2. The van der Waals surface area contributed by atoms with Crippen molar-refractivity contribution in [1.82, 2.24) is 9.80 Å². The van der Waals surface area contributed by atoms with Crippen molar-refractivity contribution in [3.05, 3.63) is 64.5 Å². The number of allylic oxidation sites excluding steroid dienone is 2. The Balaban J connectivity index is 1.88. The highest BCUT2D eigenvalue weighted by Gasteiger charge is 2.32. The Morgan fingerprint density at radius 3 is 2.56 bits per heavy atom. The zero-order valence-corrected chi connectivity index (χ0v) is 16.1. The van der Waals surface area contributed by atoms with Crippen LogP contribution >= 0.6 is 24.0 Å². The molecule has 0 radical (unpaired) electrons. The number of likely N-dealkylation sites (N-methyl/N-ethyl adjacent to an activating group) is 1. The Bertz CT molecular complexity index is 797. The van der Waals surface area contributed by atoms with E-state index in [4.69, 9.17) is 17.0 Å². The Hall–Kier alpha value is -2.05. The van der Waals surface area contributed by atoms with Crippen LogP contribution in [0.25, 0.3) is 5.76 Å². The van der Waals surface area contributed by atoms with E-state index >= 15 is 0 Å². The molecule has 0 bridgehead atoms. The lowest BCUT2D eigenvalue weighted by molar-refractivity contribution is -0.122. The van der Waals surface area contributed by atoms with Gasteiger partial charge in [-0.05, 0) is 26.3 Å². The molecule has 25 heavy (non-hydrogen) atoms. The van der Waals surface area contributed by atoms with Crippen LogP contribution < -0.4 is 0 Å². The predicted molar refractivity (Wildman–Crippen MR) is 106 cm³/mol. The number of carbonyl (C=O) groups is 1. The average Bonchev–Trinajstić information content (AvgIpc) is 3.16. The molecule has 0 aliphatic carbocycles. The highest BCUT2D eigenvalue weighted by molar-refractivity contribution is 8.26. The van der Waals surface area contributed by atoms with E-state index in [9.17, 15) is 4.79 Å². The monoisotopic (exact) mass is 372 g/mol. The largest absolute Gasteiger partial charge is 0.439 e. The molecule has 1 fully saturated rings. The molecule has 0 unspecified atom stereocenters. The minimum atomic E-state index is -0.0239. The highest BCUT2D eigenvalue weighted by Crippen LogP contribution is 2.35. The molecule has 2 aliphatic rings. The van der Waals surface area contributed by atoms with Gasteiger partial charge in [-0.25, -0.2) is 0 Å². The molecule has 2 aliphatic heterocycles. The lowest BCUT2D eigenvalue weighted by atomic mass is 10.2. The molecule has 0 atom stereocenters. The quantitative estimate of drug-likeness (QED) is 0.580. The molecular weight excluding hydrogens is 352 g/mol. The van der Waals surface area contributed by atoms with Gasteiger partial charge in [0.1, 0.15) is 4.32 Å². The second-order valence-corrected chi connectivity index (χ2v) is 7.30. The molecule has 130 valence electrons. The first kappa shape index (κ1) is 17.8. The minimum Gasteiger partial charge on any atom is -0.439 e. The first-order valence-corrected chi connectivity index (χ1v) is 9.45. The SMILES string of the molecule is CCN1C(=O)/C(=C(C)/C=C2/OC(c3ccccc3)=CN2CC)SC1=S. The first-order valence-electron chi connectivity index (χ1n) is 8.23. The lowest BCUT2D eigenvalue weighted by Gasteiger charge is -2.14. The number of thioether (sulfide) groups is 1. The van der Waals surface area contributed by atoms with Gasteiger partial charge in [-0.15, -0.1) is 0 Å². The van der Waals surface area contributed by atoms with Gasteiger partial charge < -0.3 is 9.64 Å². The van der Waals surface area contributed by atoms with Gasteiger partial charge in [-0.3, -0.25) is 9.69 Å². The van der Waals surface area contributed by atoms with Crippen molar-refractivity contribution in [2.45, 2.75) is 20.8 Å². The smallest absolute Gasteiger partial charge is 0.266 e.